The van der Waals surface area contributed by atoms with Gasteiger partial charge in [-0.1, -0.05) is 0 Å². The molecule has 2 aromatic rings. The molecule has 2 aliphatic rings. The zero-order valence-corrected chi connectivity index (χ0v) is 13.6. The lowest BCUT2D eigenvalue weighted by Gasteiger charge is -2.17. The second-order valence-corrected chi connectivity index (χ2v) is 6.11. The molecule has 8 heteroatoms. The third-order valence-electron chi connectivity index (χ3n) is 4.62. The Morgan fingerprint density at radius 2 is 2.25 bits per heavy atom. The first-order chi connectivity index (χ1) is 11.7. The number of nitrogens with zero attached hydrogens (tertiary/aromatic N) is 6. The molecule has 0 N–H and O–H groups in total. The zero-order chi connectivity index (χ0) is 16.5. The SMILES string of the molecule is COc1ccnc(N2CCC(n3cc(N4CCCC4=O)cn3)C2)n1. The highest BCUT2D eigenvalue weighted by Gasteiger charge is 2.28. The van der Waals surface area contributed by atoms with Crippen molar-refractivity contribution < 1.29 is 9.53 Å². The molecule has 2 saturated heterocycles. The normalized spacial score (nSPS) is 20.9. The number of carbonyl (C=O) groups is 1. The lowest BCUT2D eigenvalue weighted by Crippen LogP contribution is -2.24. The molecule has 4 heterocycles. The van der Waals surface area contributed by atoms with Gasteiger partial charge >= 0.3 is 0 Å². The van der Waals surface area contributed by atoms with Gasteiger partial charge in [0.25, 0.3) is 0 Å². The first kappa shape index (κ1) is 14.9. The van der Waals surface area contributed by atoms with Crippen LogP contribution in [0.3, 0.4) is 0 Å². The van der Waals surface area contributed by atoms with Crippen molar-refractivity contribution in [3.63, 3.8) is 0 Å². The molecule has 0 bridgehead atoms. The summed E-state index contributed by atoms with van der Waals surface area (Å²) in [4.78, 5) is 24.5. The second-order valence-electron chi connectivity index (χ2n) is 6.11. The highest BCUT2D eigenvalue weighted by molar-refractivity contribution is 5.95. The summed E-state index contributed by atoms with van der Waals surface area (Å²) in [6.45, 7) is 2.46. The van der Waals surface area contributed by atoms with Gasteiger partial charge in [0.05, 0.1) is 25.0 Å². The first-order valence-corrected chi connectivity index (χ1v) is 8.21. The van der Waals surface area contributed by atoms with Crippen LogP contribution in [-0.2, 0) is 4.79 Å². The van der Waals surface area contributed by atoms with Crippen LogP contribution in [0.4, 0.5) is 11.6 Å². The number of hydrogen-bond donors (Lipinski definition) is 0. The summed E-state index contributed by atoms with van der Waals surface area (Å²) in [7, 11) is 1.60. The number of methoxy groups -OCH3 is 1. The van der Waals surface area contributed by atoms with Crippen molar-refractivity contribution in [1.82, 2.24) is 19.7 Å². The number of ether oxygens (including phenoxy) is 1. The van der Waals surface area contributed by atoms with E-state index in [2.05, 4.69) is 20.0 Å². The van der Waals surface area contributed by atoms with Crippen LogP contribution in [0.15, 0.2) is 24.7 Å². The molecule has 4 rings (SSSR count). The summed E-state index contributed by atoms with van der Waals surface area (Å²) in [6, 6.07) is 2.00. The van der Waals surface area contributed by atoms with E-state index < -0.39 is 0 Å². The molecular weight excluding hydrogens is 308 g/mol. The lowest BCUT2D eigenvalue weighted by atomic mass is 10.3. The van der Waals surface area contributed by atoms with Gasteiger partial charge in [-0.25, -0.2) is 4.98 Å². The fraction of sp³-hybridized carbons (Fsp3) is 0.500. The number of hydrogen-bond acceptors (Lipinski definition) is 6. The Balaban J connectivity index is 1.47. The summed E-state index contributed by atoms with van der Waals surface area (Å²) in [5, 5.41) is 4.47. The van der Waals surface area contributed by atoms with Gasteiger partial charge in [-0.15, -0.1) is 0 Å². The summed E-state index contributed by atoms with van der Waals surface area (Å²) >= 11 is 0. The molecule has 2 aromatic heterocycles. The molecule has 126 valence electrons. The van der Waals surface area contributed by atoms with E-state index in [1.54, 1.807) is 25.6 Å². The number of aromatic nitrogens is 4. The van der Waals surface area contributed by atoms with Gasteiger partial charge in [0, 0.05) is 44.5 Å². The molecule has 2 fully saturated rings. The van der Waals surface area contributed by atoms with Crippen LogP contribution in [0.1, 0.15) is 25.3 Å². The summed E-state index contributed by atoms with van der Waals surface area (Å²) in [5.41, 5.74) is 0.897. The average molecular weight is 328 g/mol. The fourth-order valence-corrected chi connectivity index (χ4v) is 3.33. The van der Waals surface area contributed by atoms with Crippen molar-refractivity contribution in [1.29, 1.82) is 0 Å². The number of carbonyl (C=O) groups excluding carboxylic acids is 1. The predicted octanol–water partition coefficient (Wildman–Crippen LogP) is 1.26. The quantitative estimate of drug-likeness (QED) is 0.841. The Kier molecular flexibility index (Phi) is 3.79. The van der Waals surface area contributed by atoms with Crippen molar-refractivity contribution in [2.24, 2.45) is 0 Å². The van der Waals surface area contributed by atoms with Crippen molar-refractivity contribution >= 4 is 17.5 Å². The molecule has 2 aliphatic heterocycles. The van der Waals surface area contributed by atoms with Crippen LogP contribution in [0.5, 0.6) is 5.88 Å². The largest absolute Gasteiger partial charge is 0.481 e. The number of amides is 1. The first-order valence-electron chi connectivity index (χ1n) is 8.21. The molecule has 0 aliphatic carbocycles. The molecule has 0 aromatic carbocycles. The van der Waals surface area contributed by atoms with Gasteiger partial charge in [0.1, 0.15) is 0 Å². The molecule has 8 nitrogen and oxygen atoms in total. The van der Waals surface area contributed by atoms with Gasteiger partial charge in [-0.05, 0) is 12.8 Å². The maximum atomic E-state index is 11.9. The highest BCUT2D eigenvalue weighted by atomic mass is 16.5. The lowest BCUT2D eigenvalue weighted by molar-refractivity contribution is -0.117. The Bertz CT molecular complexity index is 746. The van der Waals surface area contributed by atoms with Gasteiger partial charge in [0.2, 0.25) is 17.7 Å². The van der Waals surface area contributed by atoms with E-state index in [9.17, 15) is 4.79 Å². The van der Waals surface area contributed by atoms with Crippen LogP contribution in [0.2, 0.25) is 0 Å². The fourth-order valence-electron chi connectivity index (χ4n) is 3.33. The van der Waals surface area contributed by atoms with Crippen molar-refractivity contribution in [3.8, 4) is 5.88 Å². The smallest absolute Gasteiger partial charge is 0.228 e. The van der Waals surface area contributed by atoms with Crippen LogP contribution in [0.25, 0.3) is 0 Å². The minimum absolute atomic E-state index is 0.187. The predicted molar refractivity (Wildman–Crippen MR) is 88.3 cm³/mol. The summed E-state index contributed by atoms with van der Waals surface area (Å²) in [5.74, 6) is 1.43. The van der Waals surface area contributed by atoms with Crippen LogP contribution in [-0.4, -0.2) is 52.4 Å². The van der Waals surface area contributed by atoms with Crippen molar-refractivity contribution in [3.05, 3.63) is 24.7 Å². The number of anilines is 2. The highest BCUT2D eigenvalue weighted by Crippen LogP contribution is 2.27. The number of rotatable bonds is 4. The Morgan fingerprint density at radius 3 is 3.04 bits per heavy atom. The zero-order valence-electron chi connectivity index (χ0n) is 13.6. The minimum atomic E-state index is 0.187. The summed E-state index contributed by atoms with van der Waals surface area (Å²) in [6.07, 6.45) is 8.00. The summed E-state index contributed by atoms with van der Waals surface area (Å²) < 4.78 is 7.12. The Morgan fingerprint density at radius 1 is 1.33 bits per heavy atom. The average Bonchev–Trinajstić information content (AvgIpc) is 3.34. The van der Waals surface area contributed by atoms with E-state index in [0.717, 1.165) is 38.2 Å². The second kappa shape index (κ2) is 6.10. The molecule has 24 heavy (non-hydrogen) atoms. The van der Waals surface area contributed by atoms with E-state index in [1.165, 1.54) is 0 Å². The van der Waals surface area contributed by atoms with E-state index in [4.69, 9.17) is 4.74 Å². The van der Waals surface area contributed by atoms with Gasteiger partial charge in [0.15, 0.2) is 0 Å². The van der Waals surface area contributed by atoms with E-state index in [-0.39, 0.29) is 11.9 Å². The van der Waals surface area contributed by atoms with E-state index in [1.807, 2.05) is 15.8 Å². The Hall–Kier alpha value is -2.64. The third-order valence-corrected chi connectivity index (χ3v) is 4.62. The van der Waals surface area contributed by atoms with E-state index >= 15 is 0 Å². The molecule has 0 radical (unpaired) electrons. The van der Waals surface area contributed by atoms with E-state index in [0.29, 0.717) is 18.2 Å². The topological polar surface area (TPSA) is 76.4 Å². The monoisotopic (exact) mass is 328 g/mol. The molecular formula is C16H20N6O2. The molecule has 0 saturated carbocycles. The molecule has 1 amide bonds. The maximum absolute atomic E-state index is 11.9. The van der Waals surface area contributed by atoms with Crippen molar-refractivity contribution in [2.75, 3.05) is 36.5 Å². The van der Waals surface area contributed by atoms with Crippen molar-refractivity contribution in [2.45, 2.75) is 25.3 Å². The van der Waals surface area contributed by atoms with Gasteiger partial charge < -0.3 is 14.5 Å². The molecule has 1 unspecified atom stereocenters. The van der Waals surface area contributed by atoms with Crippen LogP contribution < -0.4 is 14.5 Å². The van der Waals surface area contributed by atoms with Gasteiger partial charge in [-0.3, -0.25) is 9.48 Å². The third kappa shape index (κ3) is 2.68. The minimum Gasteiger partial charge on any atom is -0.481 e. The maximum Gasteiger partial charge on any atom is 0.228 e. The Labute approximate surface area is 140 Å². The molecule has 0 spiro atoms. The van der Waals surface area contributed by atoms with Crippen LogP contribution in [0, 0.1) is 0 Å². The van der Waals surface area contributed by atoms with Gasteiger partial charge in [-0.2, -0.15) is 10.1 Å². The van der Waals surface area contributed by atoms with Crippen LogP contribution >= 0.6 is 0 Å². The standard InChI is InChI=1S/C16H20N6O2/c1-24-14-4-6-17-16(19-14)20-8-5-12(10-20)22-11-13(9-18-22)21-7-2-3-15(21)23/h4,6,9,11-12H,2-3,5,7-8,10H2,1H3. The molecule has 1 atom stereocenters.